The molecule has 0 aliphatic heterocycles. The van der Waals surface area contributed by atoms with Crippen molar-refractivity contribution in [1.82, 2.24) is 4.98 Å². The van der Waals surface area contributed by atoms with Gasteiger partial charge in [-0.1, -0.05) is 12.5 Å². The van der Waals surface area contributed by atoms with Gasteiger partial charge in [-0.2, -0.15) is 0 Å². The quantitative estimate of drug-likeness (QED) is 0.799. The summed E-state index contributed by atoms with van der Waals surface area (Å²) in [6, 6.07) is 3.71. The third-order valence-electron chi connectivity index (χ3n) is 3.10. The van der Waals surface area contributed by atoms with Gasteiger partial charge in [0.25, 0.3) is 0 Å². The van der Waals surface area contributed by atoms with Crippen LogP contribution >= 0.6 is 11.8 Å². The van der Waals surface area contributed by atoms with Gasteiger partial charge in [-0.05, 0) is 25.2 Å². The highest BCUT2D eigenvalue weighted by atomic mass is 32.2. The van der Waals surface area contributed by atoms with Gasteiger partial charge in [0, 0.05) is 11.8 Å². The van der Waals surface area contributed by atoms with E-state index in [1.54, 1.807) is 6.20 Å². The highest BCUT2D eigenvalue weighted by Gasteiger charge is 2.47. The number of hydrogen-bond donors (Lipinski definition) is 1. The molecule has 1 aliphatic rings. The summed E-state index contributed by atoms with van der Waals surface area (Å²) in [6.45, 7) is 0. The predicted molar refractivity (Wildman–Crippen MR) is 59.2 cm³/mol. The molecule has 1 aromatic rings. The standard InChI is InChI=1S/C11H13NO2S/c1-15-9-8(4-2-7-12-9)11(10(13)14)5-3-6-11/h2,4,7H,3,5-6H2,1H3,(H,13,14). The maximum absolute atomic E-state index is 11.3. The lowest BCUT2D eigenvalue weighted by molar-refractivity contribution is -0.147. The number of carbonyl (C=O) groups is 1. The molecule has 2 rings (SSSR count). The monoisotopic (exact) mass is 223 g/mol. The molecule has 0 atom stereocenters. The molecule has 0 aromatic carbocycles. The van der Waals surface area contributed by atoms with E-state index in [0.717, 1.165) is 29.9 Å². The molecular weight excluding hydrogens is 210 g/mol. The SMILES string of the molecule is CSc1ncccc1C1(C(=O)O)CCC1. The molecular formula is C11H13NO2S. The number of hydrogen-bond acceptors (Lipinski definition) is 3. The minimum absolute atomic E-state index is 0.660. The van der Waals surface area contributed by atoms with E-state index in [0.29, 0.717) is 0 Å². The van der Waals surface area contributed by atoms with Crippen LogP contribution < -0.4 is 0 Å². The molecule has 1 aliphatic carbocycles. The van der Waals surface area contributed by atoms with Gasteiger partial charge in [0.05, 0.1) is 5.41 Å². The van der Waals surface area contributed by atoms with Gasteiger partial charge in [0.2, 0.25) is 0 Å². The minimum Gasteiger partial charge on any atom is -0.481 e. The van der Waals surface area contributed by atoms with Crippen LogP contribution in [0.4, 0.5) is 0 Å². The van der Waals surface area contributed by atoms with Crippen LogP contribution in [0.15, 0.2) is 23.4 Å². The van der Waals surface area contributed by atoms with Crippen molar-refractivity contribution in [3.63, 3.8) is 0 Å². The maximum Gasteiger partial charge on any atom is 0.314 e. The molecule has 1 fully saturated rings. The molecule has 1 saturated carbocycles. The second-order valence-corrected chi connectivity index (χ2v) is 4.60. The van der Waals surface area contributed by atoms with Gasteiger partial charge in [0.15, 0.2) is 0 Å². The number of nitrogens with zero attached hydrogens (tertiary/aromatic N) is 1. The van der Waals surface area contributed by atoms with Crippen LogP contribution in [0.3, 0.4) is 0 Å². The summed E-state index contributed by atoms with van der Waals surface area (Å²) in [5, 5.41) is 10.2. The first-order valence-corrected chi connectivity index (χ1v) is 6.16. The fourth-order valence-electron chi connectivity index (χ4n) is 2.05. The van der Waals surface area contributed by atoms with Crippen molar-refractivity contribution in [3.05, 3.63) is 23.9 Å². The van der Waals surface area contributed by atoms with E-state index in [-0.39, 0.29) is 0 Å². The van der Waals surface area contributed by atoms with E-state index in [4.69, 9.17) is 0 Å². The summed E-state index contributed by atoms with van der Waals surface area (Å²) < 4.78 is 0. The normalized spacial score (nSPS) is 18.2. The fourth-order valence-corrected chi connectivity index (χ4v) is 2.70. The van der Waals surface area contributed by atoms with Crippen LogP contribution in [0.5, 0.6) is 0 Å². The summed E-state index contributed by atoms with van der Waals surface area (Å²) >= 11 is 1.51. The second-order valence-electron chi connectivity index (χ2n) is 3.80. The van der Waals surface area contributed by atoms with Crippen molar-refractivity contribution in [2.75, 3.05) is 6.26 Å². The lowest BCUT2D eigenvalue weighted by Gasteiger charge is -2.38. The number of thioether (sulfide) groups is 1. The smallest absolute Gasteiger partial charge is 0.314 e. The van der Waals surface area contributed by atoms with E-state index < -0.39 is 11.4 Å². The second kappa shape index (κ2) is 3.85. The Morgan fingerprint density at radius 1 is 1.60 bits per heavy atom. The van der Waals surface area contributed by atoms with Crippen LogP contribution in [0.25, 0.3) is 0 Å². The molecule has 0 unspecified atom stereocenters. The molecule has 1 N–H and O–H groups in total. The average Bonchev–Trinajstić information content (AvgIpc) is 2.16. The Balaban J connectivity index is 2.47. The zero-order valence-electron chi connectivity index (χ0n) is 8.56. The number of pyridine rings is 1. The molecule has 80 valence electrons. The Morgan fingerprint density at radius 2 is 2.33 bits per heavy atom. The van der Waals surface area contributed by atoms with Crippen LogP contribution in [0.1, 0.15) is 24.8 Å². The van der Waals surface area contributed by atoms with Gasteiger partial charge in [-0.15, -0.1) is 11.8 Å². The van der Waals surface area contributed by atoms with Crippen LogP contribution in [0, 0.1) is 0 Å². The molecule has 3 nitrogen and oxygen atoms in total. The zero-order chi connectivity index (χ0) is 10.9. The Bertz CT molecular complexity index is 388. The predicted octanol–water partition coefficient (Wildman–Crippen LogP) is 2.31. The lowest BCUT2D eigenvalue weighted by atomic mass is 9.65. The Labute approximate surface area is 92.9 Å². The summed E-state index contributed by atoms with van der Waals surface area (Å²) in [5.41, 5.74) is 0.225. The molecule has 15 heavy (non-hydrogen) atoms. The van der Waals surface area contributed by atoms with Crippen LogP contribution in [0.2, 0.25) is 0 Å². The first-order valence-electron chi connectivity index (χ1n) is 4.93. The van der Waals surface area contributed by atoms with Crippen molar-refractivity contribution in [1.29, 1.82) is 0 Å². The number of carboxylic acids is 1. The van der Waals surface area contributed by atoms with E-state index in [1.165, 1.54) is 11.8 Å². The third kappa shape index (κ3) is 1.53. The van der Waals surface area contributed by atoms with Gasteiger partial charge >= 0.3 is 5.97 Å². The topological polar surface area (TPSA) is 50.2 Å². The van der Waals surface area contributed by atoms with Crippen molar-refractivity contribution in [2.45, 2.75) is 29.7 Å². The Hall–Kier alpha value is -1.03. The summed E-state index contributed by atoms with van der Waals surface area (Å²) in [7, 11) is 0. The van der Waals surface area contributed by atoms with Crippen molar-refractivity contribution in [3.8, 4) is 0 Å². The molecule has 0 saturated heterocycles. The van der Waals surface area contributed by atoms with Crippen LogP contribution in [-0.2, 0) is 10.2 Å². The summed E-state index contributed by atoms with van der Waals surface area (Å²) in [5.74, 6) is -0.711. The number of aliphatic carboxylic acids is 1. The molecule has 0 radical (unpaired) electrons. The van der Waals surface area contributed by atoms with E-state index >= 15 is 0 Å². The average molecular weight is 223 g/mol. The minimum atomic E-state index is -0.711. The Morgan fingerprint density at radius 3 is 2.80 bits per heavy atom. The highest BCUT2D eigenvalue weighted by Crippen LogP contribution is 2.46. The van der Waals surface area contributed by atoms with Crippen molar-refractivity contribution < 1.29 is 9.90 Å². The van der Waals surface area contributed by atoms with E-state index in [2.05, 4.69) is 4.98 Å². The molecule has 0 amide bonds. The van der Waals surface area contributed by atoms with Gasteiger partial charge < -0.3 is 5.11 Å². The zero-order valence-corrected chi connectivity index (χ0v) is 9.38. The maximum atomic E-state index is 11.3. The third-order valence-corrected chi connectivity index (χ3v) is 3.81. The Kier molecular flexibility index (Phi) is 2.69. The number of carboxylic acid groups (broad SMARTS) is 1. The molecule has 0 bridgehead atoms. The lowest BCUT2D eigenvalue weighted by Crippen LogP contribution is -2.42. The first-order chi connectivity index (χ1) is 7.20. The van der Waals surface area contributed by atoms with Crippen molar-refractivity contribution >= 4 is 17.7 Å². The van der Waals surface area contributed by atoms with E-state index in [9.17, 15) is 9.90 Å². The molecule has 1 heterocycles. The largest absolute Gasteiger partial charge is 0.481 e. The summed E-state index contributed by atoms with van der Waals surface area (Å²) in [6.07, 6.45) is 6.11. The number of aromatic nitrogens is 1. The first kappa shape index (κ1) is 10.5. The molecule has 0 spiro atoms. The number of rotatable bonds is 3. The molecule has 1 aromatic heterocycles. The van der Waals surface area contributed by atoms with Crippen molar-refractivity contribution in [2.24, 2.45) is 0 Å². The summed E-state index contributed by atoms with van der Waals surface area (Å²) in [4.78, 5) is 15.6. The van der Waals surface area contributed by atoms with E-state index in [1.807, 2.05) is 18.4 Å². The fraction of sp³-hybridized carbons (Fsp3) is 0.455. The molecule has 4 heteroatoms. The van der Waals surface area contributed by atoms with Crippen LogP contribution in [-0.4, -0.2) is 22.3 Å². The van der Waals surface area contributed by atoms with Gasteiger partial charge in [-0.3, -0.25) is 4.79 Å². The highest BCUT2D eigenvalue weighted by molar-refractivity contribution is 7.98. The van der Waals surface area contributed by atoms with Gasteiger partial charge in [-0.25, -0.2) is 4.98 Å². The van der Waals surface area contributed by atoms with Gasteiger partial charge in [0.1, 0.15) is 5.03 Å².